The molecule has 1 aliphatic carbocycles. The molecule has 90 valence electrons. The number of nitrogens with two attached hydrogens (primary N) is 1. The molecule has 0 amide bonds. The molecule has 1 aromatic heterocycles. The van der Waals surface area contributed by atoms with Gasteiger partial charge in [0.15, 0.2) is 5.82 Å². The summed E-state index contributed by atoms with van der Waals surface area (Å²) >= 11 is 0. The van der Waals surface area contributed by atoms with Crippen LogP contribution in [0.1, 0.15) is 69.6 Å². The van der Waals surface area contributed by atoms with Crippen molar-refractivity contribution in [1.29, 1.82) is 0 Å². The summed E-state index contributed by atoms with van der Waals surface area (Å²) in [6.07, 6.45) is 5.72. The van der Waals surface area contributed by atoms with Crippen molar-refractivity contribution < 1.29 is 4.52 Å². The molecule has 1 aromatic rings. The molecule has 0 aromatic carbocycles. The Kier molecular flexibility index (Phi) is 3.59. The summed E-state index contributed by atoms with van der Waals surface area (Å²) in [5.74, 6) is 2.76. The first-order valence-corrected chi connectivity index (χ1v) is 6.29. The molecule has 1 fully saturated rings. The summed E-state index contributed by atoms with van der Waals surface area (Å²) in [4.78, 5) is 4.43. The Labute approximate surface area is 96.6 Å². The van der Waals surface area contributed by atoms with Gasteiger partial charge in [-0.3, -0.25) is 0 Å². The number of nitrogens with zero attached hydrogens (tertiary/aromatic N) is 2. The van der Waals surface area contributed by atoms with Crippen LogP contribution in [-0.4, -0.2) is 10.1 Å². The fraction of sp³-hybridized carbons (Fsp3) is 0.833. The minimum Gasteiger partial charge on any atom is -0.339 e. The van der Waals surface area contributed by atoms with Crippen LogP contribution < -0.4 is 5.73 Å². The van der Waals surface area contributed by atoms with Crippen LogP contribution in [0.15, 0.2) is 4.52 Å². The van der Waals surface area contributed by atoms with E-state index in [0.717, 1.165) is 18.2 Å². The van der Waals surface area contributed by atoms with E-state index in [1.54, 1.807) is 0 Å². The second kappa shape index (κ2) is 4.95. The molecule has 0 aliphatic heterocycles. The van der Waals surface area contributed by atoms with Crippen LogP contribution in [0, 0.1) is 5.92 Å². The van der Waals surface area contributed by atoms with Gasteiger partial charge >= 0.3 is 0 Å². The van der Waals surface area contributed by atoms with Gasteiger partial charge < -0.3 is 10.3 Å². The molecule has 0 bridgehead atoms. The molecule has 2 N–H and O–H groups in total. The third kappa shape index (κ3) is 2.43. The van der Waals surface area contributed by atoms with Crippen LogP contribution >= 0.6 is 0 Å². The lowest BCUT2D eigenvalue weighted by Gasteiger charge is -2.23. The highest BCUT2D eigenvalue weighted by atomic mass is 16.5. The third-order valence-corrected chi connectivity index (χ3v) is 3.59. The van der Waals surface area contributed by atoms with Gasteiger partial charge in [0.1, 0.15) is 0 Å². The van der Waals surface area contributed by atoms with Crippen molar-refractivity contribution in [2.24, 2.45) is 11.7 Å². The third-order valence-electron chi connectivity index (χ3n) is 3.59. The van der Waals surface area contributed by atoms with Gasteiger partial charge in [-0.25, -0.2) is 0 Å². The highest BCUT2D eigenvalue weighted by Crippen LogP contribution is 2.34. The van der Waals surface area contributed by atoms with Crippen LogP contribution in [0.25, 0.3) is 0 Å². The first-order valence-electron chi connectivity index (χ1n) is 6.29. The van der Waals surface area contributed by atoms with Crippen molar-refractivity contribution in [3.8, 4) is 0 Å². The molecule has 4 heteroatoms. The smallest absolute Gasteiger partial charge is 0.229 e. The fourth-order valence-corrected chi connectivity index (χ4v) is 2.25. The van der Waals surface area contributed by atoms with Crippen molar-refractivity contribution >= 4 is 0 Å². The van der Waals surface area contributed by atoms with E-state index in [1.807, 2.05) is 6.92 Å². The molecule has 1 heterocycles. The maximum atomic E-state index is 5.87. The van der Waals surface area contributed by atoms with Crippen molar-refractivity contribution in [3.05, 3.63) is 11.7 Å². The predicted molar refractivity (Wildman–Crippen MR) is 61.9 cm³/mol. The van der Waals surface area contributed by atoms with E-state index >= 15 is 0 Å². The van der Waals surface area contributed by atoms with Crippen LogP contribution in [0.5, 0.6) is 0 Å². The Bertz CT molecular complexity index is 329. The molecular weight excluding hydrogens is 202 g/mol. The lowest BCUT2D eigenvalue weighted by atomic mass is 9.83. The normalized spacial score (nSPS) is 27.9. The lowest BCUT2D eigenvalue weighted by Crippen LogP contribution is -2.13. The molecule has 1 aliphatic rings. The van der Waals surface area contributed by atoms with Crippen LogP contribution in [0.3, 0.4) is 0 Å². The summed E-state index contributed by atoms with van der Waals surface area (Å²) in [6.45, 7) is 4.34. The van der Waals surface area contributed by atoms with Gasteiger partial charge in [0.2, 0.25) is 5.89 Å². The molecule has 2 rings (SSSR count). The molecule has 4 nitrogen and oxygen atoms in total. The summed E-state index contributed by atoms with van der Waals surface area (Å²) in [7, 11) is 0. The van der Waals surface area contributed by atoms with Gasteiger partial charge in [-0.1, -0.05) is 19.0 Å². The maximum Gasteiger partial charge on any atom is 0.229 e. The average molecular weight is 223 g/mol. The average Bonchev–Trinajstić information content (AvgIpc) is 2.78. The summed E-state index contributed by atoms with van der Waals surface area (Å²) < 4.78 is 5.32. The number of aromatic nitrogens is 2. The Morgan fingerprint density at radius 1 is 1.38 bits per heavy atom. The van der Waals surface area contributed by atoms with Crippen LogP contribution in [0.2, 0.25) is 0 Å². The molecule has 0 saturated heterocycles. The van der Waals surface area contributed by atoms with E-state index in [4.69, 9.17) is 10.3 Å². The van der Waals surface area contributed by atoms with Crippen molar-refractivity contribution in [2.75, 3.05) is 0 Å². The molecule has 1 unspecified atom stereocenters. The van der Waals surface area contributed by atoms with E-state index in [0.29, 0.717) is 11.7 Å². The largest absolute Gasteiger partial charge is 0.339 e. The Morgan fingerprint density at radius 3 is 2.69 bits per heavy atom. The minimum absolute atomic E-state index is 0.0833. The van der Waals surface area contributed by atoms with Crippen molar-refractivity contribution in [3.63, 3.8) is 0 Å². The van der Waals surface area contributed by atoms with Crippen molar-refractivity contribution in [2.45, 2.75) is 57.9 Å². The number of hydrogen-bond donors (Lipinski definition) is 1. The first kappa shape index (κ1) is 11.6. The Morgan fingerprint density at radius 2 is 2.06 bits per heavy atom. The highest BCUT2D eigenvalue weighted by molar-refractivity contribution is 4.98. The topological polar surface area (TPSA) is 64.9 Å². The summed E-state index contributed by atoms with van der Waals surface area (Å²) in [5.41, 5.74) is 5.87. The molecule has 1 atom stereocenters. The van der Waals surface area contributed by atoms with E-state index in [9.17, 15) is 0 Å². The van der Waals surface area contributed by atoms with Gasteiger partial charge in [-0.15, -0.1) is 0 Å². The summed E-state index contributed by atoms with van der Waals surface area (Å²) in [6, 6.07) is -0.0833. The summed E-state index contributed by atoms with van der Waals surface area (Å²) in [5, 5.41) is 3.97. The fourth-order valence-electron chi connectivity index (χ4n) is 2.25. The monoisotopic (exact) mass is 223 g/mol. The molecule has 0 spiro atoms. The van der Waals surface area contributed by atoms with Gasteiger partial charge in [-0.2, -0.15) is 4.98 Å². The van der Waals surface area contributed by atoms with Crippen LogP contribution in [0.4, 0.5) is 0 Å². The predicted octanol–water partition coefficient (Wildman–Crippen LogP) is 2.77. The Balaban J connectivity index is 2.01. The Hall–Kier alpha value is -0.900. The second-order valence-electron chi connectivity index (χ2n) is 4.96. The molecule has 0 radical (unpaired) electrons. The highest BCUT2D eigenvalue weighted by Gasteiger charge is 2.25. The van der Waals surface area contributed by atoms with Gasteiger partial charge in [-0.05, 0) is 38.0 Å². The van der Waals surface area contributed by atoms with Gasteiger partial charge in [0, 0.05) is 5.92 Å². The zero-order valence-corrected chi connectivity index (χ0v) is 10.1. The van der Waals surface area contributed by atoms with Crippen LogP contribution in [-0.2, 0) is 0 Å². The maximum absolute atomic E-state index is 5.87. The standard InChI is InChI=1S/C12H21N3O/c1-3-10(13)11-14-12(16-15-11)9-6-4-8(2)5-7-9/h8-10H,3-7,13H2,1-2H3. The number of rotatable bonds is 3. The van der Waals surface area contributed by atoms with E-state index in [-0.39, 0.29) is 6.04 Å². The van der Waals surface area contributed by atoms with E-state index in [1.165, 1.54) is 25.7 Å². The molecule has 16 heavy (non-hydrogen) atoms. The second-order valence-corrected chi connectivity index (χ2v) is 4.96. The first-order chi connectivity index (χ1) is 7.70. The zero-order valence-electron chi connectivity index (χ0n) is 10.1. The molecule has 1 saturated carbocycles. The molecular formula is C12H21N3O. The minimum atomic E-state index is -0.0833. The SMILES string of the molecule is CCC(N)c1noc(C2CCC(C)CC2)n1. The zero-order chi connectivity index (χ0) is 11.5. The van der Waals surface area contributed by atoms with Crippen molar-refractivity contribution in [1.82, 2.24) is 10.1 Å². The lowest BCUT2D eigenvalue weighted by molar-refractivity contribution is 0.280. The van der Waals surface area contributed by atoms with Gasteiger partial charge in [0.25, 0.3) is 0 Å². The quantitative estimate of drug-likeness (QED) is 0.855. The number of hydrogen-bond acceptors (Lipinski definition) is 4. The van der Waals surface area contributed by atoms with E-state index in [2.05, 4.69) is 17.1 Å². The van der Waals surface area contributed by atoms with Gasteiger partial charge in [0.05, 0.1) is 6.04 Å². The van der Waals surface area contributed by atoms with E-state index < -0.39 is 0 Å².